The van der Waals surface area contributed by atoms with E-state index in [4.69, 9.17) is 14.7 Å². The number of hydrogen-bond acceptors (Lipinski definition) is 9. The van der Waals surface area contributed by atoms with Crippen LogP contribution in [0.25, 0.3) is 10.8 Å². The monoisotopic (exact) mass is 807 g/mol. The van der Waals surface area contributed by atoms with Crippen LogP contribution in [0, 0.1) is 17.4 Å². The molecule has 10 rings (SSSR count). The number of nitriles is 1. The Morgan fingerprint density at radius 1 is 0.803 bits per heavy atom. The highest BCUT2D eigenvalue weighted by molar-refractivity contribution is 5.94. The second-order valence-corrected chi connectivity index (χ2v) is 16.9. The number of ether oxygens (including phenoxy) is 1. The summed E-state index contributed by atoms with van der Waals surface area (Å²) in [4.78, 5) is 36.5. The molecule has 61 heavy (non-hydrogen) atoms. The zero-order valence-electron chi connectivity index (χ0n) is 34.7. The molecule has 5 aromatic carbocycles. The molecule has 4 atom stereocenters. The van der Waals surface area contributed by atoms with Gasteiger partial charge in [-0.3, -0.25) is 9.69 Å². The zero-order chi connectivity index (χ0) is 41.3. The van der Waals surface area contributed by atoms with Crippen molar-refractivity contribution >= 4 is 28.2 Å². The Morgan fingerprint density at radius 3 is 2.16 bits per heavy atom. The molecular formula is C51H51N8O2. The van der Waals surface area contributed by atoms with E-state index in [1.165, 1.54) is 5.39 Å². The molecule has 0 N–H and O–H groups in total. The topological polar surface area (TPSA) is 91.8 Å². The lowest BCUT2D eigenvalue weighted by Gasteiger charge is -2.43. The number of rotatable bonds is 11. The third kappa shape index (κ3) is 7.26. The first-order valence-electron chi connectivity index (χ1n) is 21.7. The van der Waals surface area contributed by atoms with E-state index in [9.17, 15) is 10.1 Å². The van der Waals surface area contributed by atoms with Crippen molar-refractivity contribution in [3.05, 3.63) is 161 Å². The predicted molar refractivity (Wildman–Crippen MR) is 238 cm³/mol. The summed E-state index contributed by atoms with van der Waals surface area (Å²) in [6.07, 6.45) is 3.24. The van der Waals surface area contributed by atoms with E-state index in [1.807, 2.05) is 29.2 Å². The average molecular weight is 808 g/mol. The molecule has 4 aliphatic rings. The van der Waals surface area contributed by atoms with Gasteiger partial charge >= 0.3 is 6.01 Å². The first kappa shape index (κ1) is 38.9. The van der Waals surface area contributed by atoms with Gasteiger partial charge in [-0.1, -0.05) is 115 Å². The normalized spacial score (nSPS) is 21.5. The molecule has 3 fully saturated rings. The van der Waals surface area contributed by atoms with Gasteiger partial charge in [0.2, 0.25) is 5.91 Å². The van der Waals surface area contributed by atoms with Gasteiger partial charge in [0.05, 0.1) is 36.3 Å². The van der Waals surface area contributed by atoms with E-state index in [-0.39, 0.29) is 24.4 Å². The highest BCUT2D eigenvalue weighted by Gasteiger charge is 2.57. The minimum absolute atomic E-state index is 0.0732. The number of piperazine rings is 1. The highest BCUT2D eigenvalue weighted by atomic mass is 16.5. The molecule has 4 aliphatic heterocycles. The average Bonchev–Trinajstić information content (AvgIpc) is 4.01. The zero-order valence-corrected chi connectivity index (χ0v) is 34.7. The third-order valence-corrected chi connectivity index (χ3v) is 13.4. The molecule has 10 nitrogen and oxygen atoms in total. The number of aromatic nitrogens is 2. The summed E-state index contributed by atoms with van der Waals surface area (Å²) in [5.41, 5.74) is 5.90. The Balaban J connectivity index is 0.947. The molecule has 0 bridgehead atoms. The van der Waals surface area contributed by atoms with Crippen molar-refractivity contribution in [1.29, 1.82) is 5.26 Å². The fraction of sp³-hybridized carbons (Fsp3) is 0.333. The number of carbonyl (C=O) groups is 1. The van der Waals surface area contributed by atoms with Gasteiger partial charge in [0.25, 0.3) is 0 Å². The van der Waals surface area contributed by atoms with Crippen molar-refractivity contribution in [2.24, 2.45) is 0 Å². The first-order valence-corrected chi connectivity index (χ1v) is 21.7. The molecule has 1 aromatic heterocycles. The van der Waals surface area contributed by atoms with Gasteiger partial charge in [-0.2, -0.15) is 15.2 Å². The molecule has 10 heteroatoms. The van der Waals surface area contributed by atoms with Crippen LogP contribution in [0.15, 0.2) is 127 Å². The minimum Gasteiger partial charge on any atom is -0.462 e. The highest BCUT2D eigenvalue weighted by Crippen LogP contribution is 2.49. The molecule has 2 unspecified atom stereocenters. The van der Waals surface area contributed by atoms with E-state index in [1.54, 1.807) is 0 Å². The first-order chi connectivity index (χ1) is 30.0. The molecule has 1 radical (unpaired) electrons. The van der Waals surface area contributed by atoms with Crippen LogP contribution < -0.4 is 14.5 Å². The Bertz CT molecular complexity index is 2450. The molecule has 3 saturated heterocycles. The number of hydrogen-bond donors (Lipinski definition) is 0. The third-order valence-electron chi connectivity index (χ3n) is 13.4. The lowest BCUT2D eigenvalue weighted by atomic mass is 9.76. The van der Waals surface area contributed by atoms with Crippen LogP contribution in [0.2, 0.25) is 0 Å². The summed E-state index contributed by atoms with van der Waals surface area (Å²) in [5, 5.41) is 12.6. The van der Waals surface area contributed by atoms with Gasteiger partial charge in [-0.25, -0.2) is 0 Å². The minimum atomic E-state index is -0.668. The molecule has 0 saturated carbocycles. The van der Waals surface area contributed by atoms with E-state index in [0.717, 1.165) is 77.2 Å². The molecule has 1 amide bonds. The largest absolute Gasteiger partial charge is 0.462 e. The number of carbonyl (C=O) groups excluding carboxylic acids is 1. The second kappa shape index (κ2) is 16.6. The van der Waals surface area contributed by atoms with Gasteiger partial charge in [0.15, 0.2) is 0 Å². The number of likely N-dealkylation sites (tertiary alicyclic amines) is 1. The standard InChI is InChI=1S/C51H51N8O2/c1-55-29-14-23-42(55)36-61-50-53-45-34-56(46-25-13-16-37-15-11-12-24-43(37)46)30-27-44(45)48(54-50)57-31-32-58(41(33-57)26-28-52)49(60)47-35-59(47)51(38-17-5-2-6-18-38,39-19-7-3-8-20-39)40-21-9-4-10-22-40/h2-12,15-22,24-25,41-42,47H,14,23,26-27,29-36H2,1H3/t41-,42-,47?,59?/m0/s1. The van der Waals surface area contributed by atoms with Gasteiger partial charge in [-0.05, 0) is 73.1 Å². The van der Waals surface area contributed by atoms with Gasteiger partial charge < -0.3 is 24.3 Å². The van der Waals surface area contributed by atoms with Crippen molar-refractivity contribution < 1.29 is 9.53 Å². The Hall–Kier alpha value is -6.28. The van der Waals surface area contributed by atoms with Crippen LogP contribution in [-0.2, 0) is 23.3 Å². The van der Waals surface area contributed by atoms with Crippen molar-refractivity contribution in [3.63, 3.8) is 0 Å². The van der Waals surface area contributed by atoms with E-state index in [0.29, 0.717) is 51.4 Å². The fourth-order valence-electron chi connectivity index (χ4n) is 10.3. The van der Waals surface area contributed by atoms with Crippen molar-refractivity contribution in [3.8, 4) is 12.1 Å². The summed E-state index contributed by atoms with van der Waals surface area (Å²) < 4.78 is 6.46. The van der Waals surface area contributed by atoms with Crippen LogP contribution in [0.3, 0.4) is 0 Å². The summed E-state index contributed by atoms with van der Waals surface area (Å²) in [7, 11) is 2.15. The van der Waals surface area contributed by atoms with Crippen molar-refractivity contribution in [2.45, 2.75) is 55.9 Å². The quantitative estimate of drug-likeness (QED) is 0.101. The van der Waals surface area contributed by atoms with E-state index >= 15 is 0 Å². The van der Waals surface area contributed by atoms with Crippen LogP contribution in [0.5, 0.6) is 6.01 Å². The summed E-state index contributed by atoms with van der Waals surface area (Å²) >= 11 is 0. The smallest absolute Gasteiger partial charge is 0.318 e. The van der Waals surface area contributed by atoms with Crippen LogP contribution in [0.1, 0.15) is 47.2 Å². The van der Waals surface area contributed by atoms with Gasteiger partial charge in [0.1, 0.15) is 18.5 Å². The van der Waals surface area contributed by atoms with E-state index < -0.39 is 5.54 Å². The molecule has 307 valence electrons. The second-order valence-electron chi connectivity index (χ2n) is 16.9. The number of anilines is 2. The summed E-state index contributed by atoms with van der Waals surface area (Å²) in [5.74, 6) is 0.937. The Kier molecular flexibility index (Phi) is 10.6. The molecule has 0 aliphatic carbocycles. The van der Waals surface area contributed by atoms with Crippen LogP contribution >= 0.6 is 0 Å². The number of fused-ring (bicyclic) bond motifs is 2. The molecule has 6 aromatic rings. The number of amides is 1. The number of likely N-dealkylation sites (N-methyl/N-ethyl adjacent to an activating group) is 1. The lowest BCUT2D eigenvalue weighted by molar-refractivity contribution is -0.134. The Labute approximate surface area is 358 Å². The molecule has 0 spiro atoms. The maximum absolute atomic E-state index is 14.9. The van der Waals surface area contributed by atoms with Gasteiger partial charge in [0, 0.05) is 55.4 Å². The number of benzene rings is 5. The summed E-state index contributed by atoms with van der Waals surface area (Å²) in [6, 6.07) is 50.1. The maximum Gasteiger partial charge on any atom is 0.318 e. The van der Waals surface area contributed by atoms with Crippen LogP contribution in [0.4, 0.5) is 11.5 Å². The van der Waals surface area contributed by atoms with Crippen molar-refractivity contribution in [1.82, 2.24) is 24.7 Å². The molecular weight excluding hydrogens is 757 g/mol. The van der Waals surface area contributed by atoms with Crippen LogP contribution in [-0.4, -0.2) is 102 Å². The van der Waals surface area contributed by atoms with Crippen molar-refractivity contribution in [2.75, 3.05) is 62.7 Å². The number of nitrogens with zero attached hydrogens (tertiary/aromatic N) is 8. The molecule has 5 heterocycles. The lowest BCUT2D eigenvalue weighted by Crippen LogP contribution is -2.57. The predicted octanol–water partition coefficient (Wildman–Crippen LogP) is 7.07. The fourth-order valence-corrected chi connectivity index (χ4v) is 10.3. The Morgan fingerprint density at radius 2 is 1.49 bits per heavy atom. The van der Waals surface area contributed by atoms with Gasteiger partial charge in [-0.15, -0.1) is 0 Å². The van der Waals surface area contributed by atoms with E-state index in [2.05, 4.69) is 142 Å². The SMILES string of the molecule is CN1CCC[C@H]1COc1nc2c(c(N3CCN(C(=O)C4CN4C(c4ccccc4)(c4ccccc4)c4ccccc4)[C@@H](CC#N)C3)n1)CCN(c1c[c]cc3ccccc13)C2. The summed E-state index contributed by atoms with van der Waals surface area (Å²) in [6.45, 7) is 5.22. The maximum atomic E-state index is 14.9.